The molecule has 1 aromatic carbocycles. The molecule has 138 valence electrons. The summed E-state index contributed by atoms with van der Waals surface area (Å²) >= 11 is 0. The fraction of sp³-hybridized carbons (Fsp3) is 0.167. The lowest BCUT2D eigenvalue weighted by molar-refractivity contribution is 0.0827. The molecule has 9 nitrogen and oxygen atoms in total. The smallest absolute Gasteiger partial charge is 0.319 e. The number of hydrogen-bond acceptors (Lipinski definition) is 5. The van der Waals surface area contributed by atoms with Gasteiger partial charge in [-0.15, -0.1) is 0 Å². The second kappa shape index (κ2) is 8.09. The molecule has 3 aromatic rings. The Morgan fingerprint density at radius 3 is 2.78 bits per heavy atom. The highest BCUT2D eigenvalue weighted by Gasteiger charge is 2.11. The van der Waals surface area contributed by atoms with Gasteiger partial charge < -0.3 is 15.5 Å². The SMILES string of the molecule is CN(C)C(=O)c1cccc(NC(=O)NCc2cccnc2-n2cncn2)c1. The predicted molar refractivity (Wildman–Crippen MR) is 99.5 cm³/mol. The predicted octanol–water partition coefficient (Wildman–Crippen LogP) is 1.69. The summed E-state index contributed by atoms with van der Waals surface area (Å²) in [4.78, 5) is 33.9. The van der Waals surface area contributed by atoms with Gasteiger partial charge in [-0.2, -0.15) is 5.10 Å². The van der Waals surface area contributed by atoms with Crippen molar-refractivity contribution in [1.82, 2.24) is 30.0 Å². The second-order valence-corrected chi connectivity index (χ2v) is 5.91. The molecule has 0 fully saturated rings. The molecule has 2 aromatic heterocycles. The van der Waals surface area contributed by atoms with E-state index in [1.165, 1.54) is 15.9 Å². The minimum Gasteiger partial charge on any atom is -0.345 e. The van der Waals surface area contributed by atoms with Gasteiger partial charge in [0.2, 0.25) is 0 Å². The van der Waals surface area contributed by atoms with Crippen molar-refractivity contribution in [2.75, 3.05) is 19.4 Å². The third kappa shape index (κ3) is 4.46. The van der Waals surface area contributed by atoms with Gasteiger partial charge in [0.05, 0.1) is 0 Å². The standard InChI is InChI=1S/C18H19N7O2/c1-24(2)17(26)13-5-3-7-15(9-13)23-18(27)21-10-14-6-4-8-20-16(14)25-12-19-11-22-25/h3-9,11-12H,10H2,1-2H3,(H2,21,23,27). The van der Waals surface area contributed by atoms with E-state index in [4.69, 9.17) is 0 Å². The van der Waals surface area contributed by atoms with E-state index in [9.17, 15) is 9.59 Å². The van der Waals surface area contributed by atoms with Crippen molar-refractivity contribution >= 4 is 17.6 Å². The van der Waals surface area contributed by atoms with Crippen molar-refractivity contribution in [2.45, 2.75) is 6.54 Å². The molecule has 0 bridgehead atoms. The number of nitrogens with one attached hydrogen (secondary N) is 2. The maximum absolute atomic E-state index is 12.2. The number of pyridine rings is 1. The van der Waals surface area contributed by atoms with Crippen molar-refractivity contribution in [2.24, 2.45) is 0 Å². The first-order chi connectivity index (χ1) is 13.0. The van der Waals surface area contributed by atoms with Crippen LogP contribution in [0.2, 0.25) is 0 Å². The third-order valence-electron chi connectivity index (χ3n) is 3.72. The lowest BCUT2D eigenvalue weighted by atomic mass is 10.2. The molecule has 0 saturated carbocycles. The summed E-state index contributed by atoms with van der Waals surface area (Å²) in [5.74, 6) is 0.459. The molecule has 3 amide bonds. The molecular weight excluding hydrogens is 346 g/mol. The average molecular weight is 365 g/mol. The molecule has 2 N–H and O–H groups in total. The van der Waals surface area contributed by atoms with Gasteiger partial charge in [-0.25, -0.2) is 19.4 Å². The van der Waals surface area contributed by atoms with Crippen LogP contribution in [0.1, 0.15) is 15.9 Å². The number of anilines is 1. The topological polar surface area (TPSA) is 105 Å². The second-order valence-electron chi connectivity index (χ2n) is 5.91. The Bertz CT molecular complexity index is 938. The highest BCUT2D eigenvalue weighted by molar-refractivity contribution is 5.96. The zero-order chi connectivity index (χ0) is 19.2. The quantitative estimate of drug-likeness (QED) is 0.716. The van der Waals surface area contributed by atoms with Gasteiger partial charge in [-0.3, -0.25) is 4.79 Å². The van der Waals surface area contributed by atoms with Crippen LogP contribution in [-0.4, -0.2) is 50.7 Å². The van der Waals surface area contributed by atoms with E-state index in [1.54, 1.807) is 57.0 Å². The number of amides is 3. The third-order valence-corrected chi connectivity index (χ3v) is 3.72. The maximum Gasteiger partial charge on any atom is 0.319 e. The summed E-state index contributed by atoms with van der Waals surface area (Å²) in [6.07, 6.45) is 4.60. The van der Waals surface area contributed by atoms with Crippen molar-refractivity contribution in [3.8, 4) is 5.82 Å². The van der Waals surface area contributed by atoms with E-state index in [2.05, 4.69) is 25.7 Å². The molecule has 0 radical (unpaired) electrons. The van der Waals surface area contributed by atoms with Gasteiger partial charge in [-0.05, 0) is 24.3 Å². The van der Waals surface area contributed by atoms with Crippen LogP contribution < -0.4 is 10.6 Å². The maximum atomic E-state index is 12.2. The summed E-state index contributed by atoms with van der Waals surface area (Å²) in [5, 5.41) is 9.56. The van der Waals surface area contributed by atoms with Gasteiger partial charge >= 0.3 is 6.03 Å². The van der Waals surface area contributed by atoms with E-state index < -0.39 is 6.03 Å². The highest BCUT2D eigenvalue weighted by atomic mass is 16.2. The first kappa shape index (κ1) is 18.1. The number of carbonyl (C=O) groups is 2. The fourth-order valence-electron chi connectivity index (χ4n) is 2.43. The summed E-state index contributed by atoms with van der Waals surface area (Å²) in [5.41, 5.74) is 1.82. The van der Waals surface area contributed by atoms with Crippen molar-refractivity contribution < 1.29 is 9.59 Å². The molecule has 3 rings (SSSR count). The Morgan fingerprint density at radius 1 is 1.19 bits per heavy atom. The number of carbonyl (C=O) groups excluding carboxylic acids is 2. The zero-order valence-corrected chi connectivity index (χ0v) is 15.0. The Morgan fingerprint density at radius 2 is 2.04 bits per heavy atom. The molecule has 0 atom stereocenters. The van der Waals surface area contributed by atoms with Gasteiger partial charge in [0.25, 0.3) is 5.91 Å². The van der Waals surface area contributed by atoms with Crippen molar-refractivity contribution in [3.63, 3.8) is 0 Å². The van der Waals surface area contributed by atoms with Crippen LogP contribution in [0.15, 0.2) is 55.2 Å². The molecular formula is C18H19N7O2. The summed E-state index contributed by atoms with van der Waals surface area (Å²) in [6.45, 7) is 0.255. The molecule has 0 aliphatic heterocycles. The first-order valence-corrected chi connectivity index (χ1v) is 8.20. The van der Waals surface area contributed by atoms with Crippen molar-refractivity contribution in [3.05, 3.63) is 66.4 Å². The van der Waals surface area contributed by atoms with E-state index in [0.29, 0.717) is 17.1 Å². The summed E-state index contributed by atoms with van der Waals surface area (Å²) < 4.78 is 1.53. The highest BCUT2D eigenvalue weighted by Crippen LogP contribution is 2.13. The first-order valence-electron chi connectivity index (χ1n) is 8.20. The molecule has 27 heavy (non-hydrogen) atoms. The van der Waals surface area contributed by atoms with Crippen LogP contribution in [0.3, 0.4) is 0 Å². The largest absolute Gasteiger partial charge is 0.345 e. The van der Waals surface area contributed by atoms with E-state index in [0.717, 1.165) is 5.56 Å². The fourth-order valence-corrected chi connectivity index (χ4v) is 2.43. The van der Waals surface area contributed by atoms with E-state index in [-0.39, 0.29) is 12.5 Å². The van der Waals surface area contributed by atoms with Crippen LogP contribution in [0, 0.1) is 0 Å². The van der Waals surface area contributed by atoms with E-state index in [1.807, 2.05) is 6.07 Å². The lowest BCUT2D eigenvalue weighted by Crippen LogP contribution is -2.29. The number of aromatic nitrogens is 4. The Labute approximate surface area is 156 Å². The summed E-state index contributed by atoms with van der Waals surface area (Å²) in [6, 6.07) is 10.0. The van der Waals surface area contributed by atoms with Gasteiger partial charge in [-0.1, -0.05) is 12.1 Å². The molecule has 0 unspecified atom stereocenters. The number of rotatable bonds is 5. The molecule has 0 aliphatic carbocycles. The Hall–Kier alpha value is -3.75. The normalized spacial score (nSPS) is 10.3. The van der Waals surface area contributed by atoms with Gasteiger partial charge in [0.15, 0.2) is 5.82 Å². The lowest BCUT2D eigenvalue weighted by Gasteiger charge is -2.13. The number of hydrogen-bond donors (Lipinski definition) is 2. The molecule has 2 heterocycles. The van der Waals surface area contributed by atoms with Gasteiger partial charge in [0, 0.05) is 43.7 Å². The molecule has 9 heteroatoms. The molecule has 0 saturated heterocycles. The van der Waals surface area contributed by atoms with E-state index >= 15 is 0 Å². The minimum absolute atomic E-state index is 0.133. The van der Waals surface area contributed by atoms with Crippen LogP contribution in [0.5, 0.6) is 0 Å². The van der Waals surface area contributed by atoms with Crippen LogP contribution in [0.4, 0.5) is 10.5 Å². The molecule has 0 aliphatic rings. The Kier molecular flexibility index (Phi) is 5.41. The van der Waals surface area contributed by atoms with Gasteiger partial charge in [0.1, 0.15) is 12.7 Å². The van der Waals surface area contributed by atoms with Crippen LogP contribution in [-0.2, 0) is 6.54 Å². The van der Waals surface area contributed by atoms with Crippen molar-refractivity contribution in [1.29, 1.82) is 0 Å². The monoisotopic (exact) mass is 365 g/mol. The van der Waals surface area contributed by atoms with Crippen LogP contribution >= 0.6 is 0 Å². The number of nitrogens with zero attached hydrogens (tertiary/aromatic N) is 5. The molecule has 0 spiro atoms. The average Bonchev–Trinajstić information content (AvgIpc) is 3.20. The number of urea groups is 1. The number of benzene rings is 1. The zero-order valence-electron chi connectivity index (χ0n) is 15.0. The van der Waals surface area contributed by atoms with Crippen LogP contribution in [0.25, 0.3) is 5.82 Å². The summed E-state index contributed by atoms with van der Waals surface area (Å²) in [7, 11) is 3.35. The Balaban J connectivity index is 1.65. The minimum atomic E-state index is -0.391.